The predicted molar refractivity (Wildman–Crippen MR) is 109 cm³/mol. The molecule has 3 N–H and O–H groups in total. The fourth-order valence-electron chi connectivity index (χ4n) is 3.82. The predicted octanol–water partition coefficient (Wildman–Crippen LogP) is 5.48. The summed E-state index contributed by atoms with van der Waals surface area (Å²) in [5.74, 6) is 5.18. The van der Waals surface area contributed by atoms with E-state index in [0.29, 0.717) is 11.6 Å². The van der Waals surface area contributed by atoms with Gasteiger partial charge in [-0.1, -0.05) is 44.1 Å². The molecule has 0 heterocycles. The first-order chi connectivity index (χ1) is 12.6. The summed E-state index contributed by atoms with van der Waals surface area (Å²) in [6, 6.07) is 9.52. The highest BCUT2D eigenvalue weighted by Crippen LogP contribution is 2.34. The normalized spacial score (nSPS) is 15.3. The standard InChI is InChI=1S/C22H26FN3/c1-3-19-17(14-25-24)12-16(22-15(2)8-7-11-20(22)23)13-21(19)26-18-9-5-4-6-10-18/h3,7-8,11-14,18,26H,1,4-6,9-10,24H2,2H3/b25-14-. The number of nitrogens with zero attached hydrogens (tertiary/aromatic N) is 1. The van der Waals surface area contributed by atoms with Gasteiger partial charge < -0.3 is 11.2 Å². The van der Waals surface area contributed by atoms with E-state index in [1.54, 1.807) is 18.4 Å². The van der Waals surface area contributed by atoms with Crippen LogP contribution in [0.3, 0.4) is 0 Å². The molecule has 3 nitrogen and oxygen atoms in total. The lowest BCUT2D eigenvalue weighted by molar-refractivity contribution is 0.462. The molecule has 0 unspecified atom stereocenters. The lowest BCUT2D eigenvalue weighted by atomic mass is 9.92. The first kappa shape index (κ1) is 18.2. The van der Waals surface area contributed by atoms with E-state index in [1.807, 2.05) is 25.1 Å². The van der Waals surface area contributed by atoms with Crippen molar-refractivity contribution in [2.75, 3.05) is 5.32 Å². The van der Waals surface area contributed by atoms with E-state index in [1.165, 1.54) is 25.3 Å². The van der Waals surface area contributed by atoms with Crippen molar-refractivity contribution >= 4 is 18.0 Å². The fourth-order valence-corrected chi connectivity index (χ4v) is 3.82. The summed E-state index contributed by atoms with van der Waals surface area (Å²) in [5.41, 5.74) is 5.07. The van der Waals surface area contributed by atoms with Crippen molar-refractivity contribution < 1.29 is 4.39 Å². The number of halogens is 1. The van der Waals surface area contributed by atoms with Gasteiger partial charge in [-0.3, -0.25) is 0 Å². The topological polar surface area (TPSA) is 50.4 Å². The molecular formula is C22H26FN3. The summed E-state index contributed by atoms with van der Waals surface area (Å²) in [4.78, 5) is 0. The van der Waals surface area contributed by atoms with Crippen molar-refractivity contribution in [1.29, 1.82) is 0 Å². The third-order valence-corrected chi connectivity index (χ3v) is 5.11. The van der Waals surface area contributed by atoms with Crippen LogP contribution in [-0.4, -0.2) is 12.3 Å². The number of aryl methyl sites for hydroxylation is 1. The molecule has 1 aliphatic carbocycles. The van der Waals surface area contributed by atoms with E-state index in [-0.39, 0.29) is 5.82 Å². The summed E-state index contributed by atoms with van der Waals surface area (Å²) in [5, 5.41) is 7.34. The Morgan fingerprint density at radius 2 is 2.00 bits per heavy atom. The highest BCUT2D eigenvalue weighted by Gasteiger charge is 2.17. The molecule has 0 saturated heterocycles. The minimum Gasteiger partial charge on any atom is -0.382 e. The second kappa shape index (κ2) is 8.17. The van der Waals surface area contributed by atoms with Gasteiger partial charge in [0, 0.05) is 28.4 Å². The van der Waals surface area contributed by atoms with Crippen LogP contribution in [0.4, 0.5) is 10.1 Å². The first-order valence-corrected chi connectivity index (χ1v) is 9.19. The molecule has 0 amide bonds. The van der Waals surface area contributed by atoms with Crippen LogP contribution in [0.1, 0.15) is 48.8 Å². The highest BCUT2D eigenvalue weighted by molar-refractivity contribution is 5.92. The second-order valence-electron chi connectivity index (χ2n) is 6.92. The largest absolute Gasteiger partial charge is 0.382 e. The molecule has 0 atom stereocenters. The molecule has 0 radical (unpaired) electrons. The zero-order valence-corrected chi connectivity index (χ0v) is 15.3. The van der Waals surface area contributed by atoms with E-state index in [2.05, 4.69) is 17.0 Å². The molecule has 0 aliphatic heterocycles. The Morgan fingerprint density at radius 3 is 2.65 bits per heavy atom. The van der Waals surface area contributed by atoms with Gasteiger partial charge in [-0.25, -0.2) is 4.39 Å². The number of nitrogens with one attached hydrogen (secondary N) is 1. The SMILES string of the molecule is C=Cc1c(/C=N\N)cc(-c2c(C)cccc2F)cc1NC1CCCCC1. The number of hydrazone groups is 1. The average Bonchev–Trinajstić information content (AvgIpc) is 2.63. The summed E-state index contributed by atoms with van der Waals surface area (Å²) in [6.45, 7) is 5.87. The molecule has 1 saturated carbocycles. The molecular weight excluding hydrogens is 325 g/mol. The minimum absolute atomic E-state index is 0.226. The zero-order chi connectivity index (χ0) is 18.5. The smallest absolute Gasteiger partial charge is 0.131 e. The Balaban J connectivity index is 2.12. The Kier molecular flexibility index (Phi) is 5.71. The van der Waals surface area contributed by atoms with E-state index < -0.39 is 0 Å². The fraction of sp³-hybridized carbons (Fsp3) is 0.318. The molecule has 4 heteroatoms. The van der Waals surface area contributed by atoms with Gasteiger partial charge in [0.25, 0.3) is 0 Å². The van der Waals surface area contributed by atoms with Crippen LogP contribution in [0.5, 0.6) is 0 Å². The molecule has 2 aromatic rings. The highest BCUT2D eigenvalue weighted by atomic mass is 19.1. The number of hydrogen-bond acceptors (Lipinski definition) is 3. The maximum absolute atomic E-state index is 14.5. The van der Waals surface area contributed by atoms with E-state index in [0.717, 1.165) is 40.8 Å². The van der Waals surface area contributed by atoms with E-state index in [9.17, 15) is 4.39 Å². The molecule has 1 fully saturated rings. The van der Waals surface area contributed by atoms with Crippen molar-refractivity contribution in [3.05, 3.63) is 59.4 Å². The number of anilines is 1. The van der Waals surface area contributed by atoms with Crippen LogP contribution in [0, 0.1) is 12.7 Å². The molecule has 0 bridgehead atoms. The number of rotatable bonds is 5. The van der Waals surface area contributed by atoms with Crippen LogP contribution in [0.25, 0.3) is 17.2 Å². The van der Waals surface area contributed by atoms with Crippen molar-refractivity contribution in [3.63, 3.8) is 0 Å². The van der Waals surface area contributed by atoms with Crippen molar-refractivity contribution in [2.45, 2.75) is 45.1 Å². The van der Waals surface area contributed by atoms with Gasteiger partial charge in [0.1, 0.15) is 5.82 Å². The maximum atomic E-state index is 14.5. The van der Waals surface area contributed by atoms with Crippen LogP contribution in [0.15, 0.2) is 42.0 Å². The van der Waals surface area contributed by atoms with Gasteiger partial charge in [-0.05, 0) is 49.1 Å². The zero-order valence-electron chi connectivity index (χ0n) is 15.3. The van der Waals surface area contributed by atoms with Crippen molar-refractivity contribution in [1.82, 2.24) is 0 Å². The molecule has 1 aliphatic rings. The molecule has 26 heavy (non-hydrogen) atoms. The molecule has 136 valence electrons. The lowest BCUT2D eigenvalue weighted by Gasteiger charge is -2.26. The van der Waals surface area contributed by atoms with Crippen LogP contribution in [0.2, 0.25) is 0 Å². The number of nitrogens with two attached hydrogens (primary N) is 1. The van der Waals surface area contributed by atoms with Gasteiger partial charge in [0.15, 0.2) is 0 Å². The molecule has 3 rings (SSSR count). The third-order valence-electron chi connectivity index (χ3n) is 5.11. The van der Waals surface area contributed by atoms with Crippen molar-refractivity contribution in [2.24, 2.45) is 10.9 Å². The molecule has 2 aromatic carbocycles. The number of benzene rings is 2. The van der Waals surface area contributed by atoms with Crippen LogP contribution >= 0.6 is 0 Å². The Labute approximate surface area is 154 Å². The second-order valence-corrected chi connectivity index (χ2v) is 6.92. The summed E-state index contributed by atoms with van der Waals surface area (Å²) >= 11 is 0. The van der Waals surface area contributed by atoms with Crippen molar-refractivity contribution in [3.8, 4) is 11.1 Å². The Morgan fingerprint density at radius 1 is 1.23 bits per heavy atom. The van der Waals surface area contributed by atoms with Crippen LogP contribution in [-0.2, 0) is 0 Å². The monoisotopic (exact) mass is 351 g/mol. The maximum Gasteiger partial charge on any atom is 0.131 e. The van der Waals surface area contributed by atoms with E-state index in [4.69, 9.17) is 5.84 Å². The first-order valence-electron chi connectivity index (χ1n) is 9.19. The summed E-state index contributed by atoms with van der Waals surface area (Å²) in [7, 11) is 0. The Hall–Kier alpha value is -2.62. The minimum atomic E-state index is -0.226. The summed E-state index contributed by atoms with van der Waals surface area (Å²) in [6.07, 6.45) is 9.49. The quantitative estimate of drug-likeness (QED) is 0.426. The lowest BCUT2D eigenvalue weighted by Crippen LogP contribution is -2.23. The molecule has 0 spiro atoms. The van der Waals surface area contributed by atoms with Gasteiger partial charge in [-0.2, -0.15) is 5.10 Å². The Bertz CT molecular complexity index is 800. The molecule has 0 aromatic heterocycles. The summed E-state index contributed by atoms with van der Waals surface area (Å²) < 4.78 is 14.5. The van der Waals surface area contributed by atoms with Gasteiger partial charge in [0.2, 0.25) is 0 Å². The van der Waals surface area contributed by atoms with Gasteiger partial charge >= 0.3 is 0 Å². The van der Waals surface area contributed by atoms with E-state index >= 15 is 0 Å². The van der Waals surface area contributed by atoms with Gasteiger partial charge in [0.05, 0.1) is 6.21 Å². The third kappa shape index (κ3) is 3.79. The number of hydrogen-bond donors (Lipinski definition) is 2. The van der Waals surface area contributed by atoms with Gasteiger partial charge in [-0.15, -0.1) is 0 Å². The van der Waals surface area contributed by atoms with Crippen LogP contribution < -0.4 is 11.2 Å². The average molecular weight is 351 g/mol.